The lowest BCUT2D eigenvalue weighted by Gasteiger charge is -2.15. The van der Waals surface area contributed by atoms with Crippen molar-refractivity contribution in [2.24, 2.45) is 0 Å². The van der Waals surface area contributed by atoms with Crippen LogP contribution in [-0.2, 0) is 16.7 Å². The standard InChI is InChI=1S/C22H29ClN2O4S/c1-8-12-25-22(29-30(27,28)9-2)20(16(7)24-25)21(26)17-10-11-18(23)19(15(17)6)14(5)13(3)4/h10-11H,8-9,12H2,1-7H3. The minimum atomic E-state index is -3.83. The monoisotopic (exact) mass is 452 g/mol. The van der Waals surface area contributed by atoms with E-state index >= 15 is 0 Å². The van der Waals surface area contributed by atoms with E-state index in [0.29, 0.717) is 29.2 Å². The number of aryl methyl sites for hydroxylation is 2. The number of rotatable bonds is 8. The maximum atomic E-state index is 13.6. The predicted octanol–water partition coefficient (Wildman–Crippen LogP) is 5.34. The van der Waals surface area contributed by atoms with Gasteiger partial charge in [0, 0.05) is 17.1 Å². The highest BCUT2D eigenvalue weighted by Gasteiger charge is 2.29. The summed E-state index contributed by atoms with van der Waals surface area (Å²) in [4.78, 5) is 13.6. The van der Waals surface area contributed by atoms with Crippen molar-refractivity contribution in [3.05, 3.63) is 50.7 Å². The quantitative estimate of drug-likeness (QED) is 0.399. The van der Waals surface area contributed by atoms with Gasteiger partial charge in [-0.15, -0.1) is 0 Å². The first-order valence-corrected chi connectivity index (χ1v) is 11.9. The van der Waals surface area contributed by atoms with Gasteiger partial charge in [-0.05, 0) is 76.8 Å². The molecule has 0 aliphatic carbocycles. The summed E-state index contributed by atoms with van der Waals surface area (Å²) >= 11 is 6.44. The van der Waals surface area contributed by atoms with Gasteiger partial charge in [-0.25, -0.2) is 4.68 Å². The minimum absolute atomic E-state index is 0.0314. The highest BCUT2D eigenvalue weighted by atomic mass is 35.5. The Hall–Kier alpha value is -2.12. The Morgan fingerprint density at radius 1 is 1.13 bits per heavy atom. The zero-order valence-electron chi connectivity index (χ0n) is 18.6. The second-order valence-electron chi connectivity index (χ2n) is 7.47. The van der Waals surface area contributed by atoms with Crippen molar-refractivity contribution in [1.29, 1.82) is 0 Å². The van der Waals surface area contributed by atoms with E-state index in [1.165, 1.54) is 11.6 Å². The molecule has 0 spiro atoms. The van der Waals surface area contributed by atoms with Crippen LogP contribution in [0.4, 0.5) is 0 Å². The largest absolute Gasteiger partial charge is 0.361 e. The molecule has 1 heterocycles. The second kappa shape index (κ2) is 9.35. The van der Waals surface area contributed by atoms with E-state index in [4.69, 9.17) is 15.8 Å². The number of carbonyl (C=O) groups excluding carboxylic acids is 1. The molecule has 0 fully saturated rings. The molecule has 2 rings (SSSR count). The predicted molar refractivity (Wildman–Crippen MR) is 121 cm³/mol. The number of ketones is 1. The number of carbonyl (C=O) groups is 1. The summed E-state index contributed by atoms with van der Waals surface area (Å²) in [7, 11) is -3.83. The Morgan fingerprint density at radius 3 is 2.30 bits per heavy atom. The smallest absolute Gasteiger partial charge is 0.310 e. The molecule has 1 aromatic carbocycles. The Bertz CT molecular complexity index is 1110. The fourth-order valence-electron chi connectivity index (χ4n) is 3.22. The molecule has 2 aromatic rings. The van der Waals surface area contributed by atoms with Crippen LogP contribution in [0.25, 0.3) is 5.57 Å². The number of nitrogens with zero attached hydrogens (tertiary/aromatic N) is 2. The van der Waals surface area contributed by atoms with Crippen LogP contribution in [0.5, 0.6) is 5.88 Å². The Balaban J connectivity index is 2.73. The zero-order valence-corrected chi connectivity index (χ0v) is 20.2. The van der Waals surface area contributed by atoms with E-state index in [1.54, 1.807) is 19.1 Å². The van der Waals surface area contributed by atoms with Gasteiger partial charge in [0.25, 0.3) is 0 Å². The molecule has 0 aliphatic heterocycles. The van der Waals surface area contributed by atoms with Gasteiger partial charge >= 0.3 is 10.1 Å². The Labute approximate surface area is 184 Å². The van der Waals surface area contributed by atoms with Crippen molar-refractivity contribution in [3.8, 4) is 5.88 Å². The summed E-state index contributed by atoms with van der Waals surface area (Å²) in [6.07, 6.45) is 0.709. The van der Waals surface area contributed by atoms with Gasteiger partial charge in [0.05, 0.1) is 11.4 Å². The van der Waals surface area contributed by atoms with Gasteiger partial charge < -0.3 is 4.18 Å². The fraction of sp³-hybridized carbons (Fsp3) is 0.455. The molecule has 0 saturated carbocycles. The second-order valence-corrected chi connectivity index (χ2v) is 9.73. The van der Waals surface area contributed by atoms with Gasteiger partial charge in [-0.1, -0.05) is 24.1 Å². The van der Waals surface area contributed by atoms with E-state index in [9.17, 15) is 13.2 Å². The lowest BCUT2D eigenvalue weighted by atomic mass is 9.91. The molecule has 30 heavy (non-hydrogen) atoms. The van der Waals surface area contributed by atoms with E-state index in [0.717, 1.165) is 22.3 Å². The summed E-state index contributed by atoms with van der Waals surface area (Å²) in [6, 6.07) is 3.36. The van der Waals surface area contributed by atoms with Crippen LogP contribution in [0, 0.1) is 13.8 Å². The lowest BCUT2D eigenvalue weighted by molar-refractivity contribution is 0.103. The highest BCUT2D eigenvalue weighted by molar-refractivity contribution is 7.87. The summed E-state index contributed by atoms with van der Waals surface area (Å²) in [5, 5.41) is 4.93. The zero-order chi connectivity index (χ0) is 22.8. The topological polar surface area (TPSA) is 78.3 Å². The number of hydrogen-bond donors (Lipinski definition) is 0. The van der Waals surface area contributed by atoms with Crippen molar-refractivity contribution in [3.63, 3.8) is 0 Å². The molecule has 0 bridgehead atoms. The number of aromatic nitrogens is 2. The molecule has 0 amide bonds. The number of halogens is 1. The molecular weight excluding hydrogens is 424 g/mol. The third-order valence-corrected chi connectivity index (χ3v) is 6.52. The Morgan fingerprint density at radius 2 is 1.77 bits per heavy atom. The van der Waals surface area contributed by atoms with Gasteiger partial charge in [-0.3, -0.25) is 4.79 Å². The van der Waals surface area contributed by atoms with Gasteiger partial charge in [0.2, 0.25) is 11.7 Å². The van der Waals surface area contributed by atoms with Crippen LogP contribution < -0.4 is 4.18 Å². The van der Waals surface area contributed by atoms with Crippen LogP contribution in [-0.4, -0.2) is 29.7 Å². The molecule has 6 nitrogen and oxygen atoms in total. The average molecular weight is 453 g/mol. The SMILES string of the molecule is CCCn1nc(C)c(C(=O)c2ccc(Cl)c(C(C)=C(C)C)c2C)c1OS(=O)(=O)CC. The van der Waals surface area contributed by atoms with Crippen molar-refractivity contribution in [2.45, 2.75) is 61.4 Å². The molecule has 0 aliphatic rings. The van der Waals surface area contributed by atoms with Crippen LogP contribution in [0.3, 0.4) is 0 Å². The molecule has 0 unspecified atom stereocenters. The molecule has 0 radical (unpaired) electrons. The van der Waals surface area contributed by atoms with Crippen LogP contribution in [0.2, 0.25) is 5.02 Å². The van der Waals surface area contributed by atoms with Crippen molar-refractivity contribution < 1.29 is 17.4 Å². The van der Waals surface area contributed by atoms with Gasteiger partial charge in [0.15, 0.2) is 0 Å². The third-order valence-electron chi connectivity index (χ3n) is 5.09. The average Bonchev–Trinajstić information content (AvgIpc) is 2.95. The van der Waals surface area contributed by atoms with E-state index in [-0.39, 0.29) is 23.0 Å². The first-order chi connectivity index (χ1) is 13.9. The summed E-state index contributed by atoms with van der Waals surface area (Å²) in [6.45, 7) is 13.3. The van der Waals surface area contributed by atoms with E-state index in [1.807, 2.05) is 34.6 Å². The summed E-state index contributed by atoms with van der Waals surface area (Å²) in [5.74, 6) is -0.579. The Kier molecular flexibility index (Phi) is 7.53. The third kappa shape index (κ3) is 4.78. The lowest BCUT2D eigenvalue weighted by Crippen LogP contribution is -2.17. The van der Waals surface area contributed by atoms with Crippen LogP contribution in [0.1, 0.15) is 73.8 Å². The number of allylic oxidation sites excluding steroid dienone is 2. The van der Waals surface area contributed by atoms with Crippen molar-refractivity contribution in [1.82, 2.24) is 9.78 Å². The maximum Gasteiger partial charge on any atom is 0.310 e. The summed E-state index contributed by atoms with van der Waals surface area (Å²) in [5.41, 5.74) is 4.65. The van der Waals surface area contributed by atoms with E-state index < -0.39 is 10.1 Å². The van der Waals surface area contributed by atoms with Crippen molar-refractivity contribution in [2.75, 3.05) is 5.75 Å². The van der Waals surface area contributed by atoms with Gasteiger partial charge in [0.1, 0.15) is 5.56 Å². The molecule has 0 saturated heterocycles. The molecule has 164 valence electrons. The van der Waals surface area contributed by atoms with E-state index in [2.05, 4.69) is 5.10 Å². The van der Waals surface area contributed by atoms with Crippen molar-refractivity contribution >= 4 is 33.1 Å². The fourth-order valence-corrected chi connectivity index (χ4v) is 4.09. The highest BCUT2D eigenvalue weighted by Crippen LogP contribution is 2.34. The molecule has 8 heteroatoms. The molecule has 0 N–H and O–H groups in total. The van der Waals surface area contributed by atoms with Gasteiger partial charge in [-0.2, -0.15) is 13.5 Å². The maximum absolute atomic E-state index is 13.6. The first kappa shape index (κ1) is 24.2. The minimum Gasteiger partial charge on any atom is -0.361 e. The molecular formula is C22H29ClN2O4S. The molecule has 1 aromatic heterocycles. The van der Waals surface area contributed by atoms with Crippen LogP contribution >= 0.6 is 11.6 Å². The normalized spacial score (nSPS) is 11.5. The number of hydrogen-bond acceptors (Lipinski definition) is 5. The molecule has 0 atom stereocenters. The number of benzene rings is 1. The summed E-state index contributed by atoms with van der Waals surface area (Å²) < 4.78 is 31.1. The first-order valence-electron chi connectivity index (χ1n) is 9.92. The van der Waals surface area contributed by atoms with Crippen LogP contribution in [0.15, 0.2) is 17.7 Å².